The second kappa shape index (κ2) is 6.47. The molecule has 8 heteroatoms. The highest BCUT2D eigenvalue weighted by atomic mass is 35.5. The Morgan fingerprint density at radius 3 is 2.43 bits per heavy atom. The highest BCUT2D eigenvalue weighted by Crippen LogP contribution is 2.25. The van der Waals surface area contributed by atoms with Gasteiger partial charge in [-0.15, -0.1) is 0 Å². The molecule has 1 aromatic rings. The first-order chi connectivity index (χ1) is 9.88. The van der Waals surface area contributed by atoms with Crippen LogP contribution in [0.15, 0.2) is 29.3 Å². The van der Waals surface area contributed by atoms with Crippen molar-refractivity contribution >= 4 is 58.2 Å². The lowest BCUT2D eigenvalue weighted by atomic mass is 10.3. The summed E-state index contributed by atoms with van der Waals surface area (Å²) in [5, 5.41) is 3.14. The Kier molecular flexibility index (Phi) is 4.88. The van der Waals surface area contributed by atoms with Crippen LogP contribution >= 0.6 is 34.8 Å². The van der Waals surface area contributed by atoms with Crippen molar-refractivity contribution < 1.29 is 14.4 Å². The van der Waals surface area contributed by atoms with Gasteiger partial charge in [0.1, 0.15) is 5.03 Å². The van der Waals surface area contributed by atoms with E-state index in [0.29, 0.717) is 15.7 Å². The molecular weight excluding hydrogens is 339 g/mol. The van der Waals surface area contributed by atoms with E-state index in [1.165, 1.54) is 6.07 Å². The van der Waals surface area contributed by atoms with Crippen LogP contribution in [0.5, 0.6) is 0 Å². The zero-order valence-corrected chi connectivity index (χ0v) is 12.8. The number of rotatable bonds is 4. The lowest BCUT2D eigenvalue weighted by Crippen LogP contribution is -2.33. The molecular formula is C13H9Cl3N2O3. The van der Waals surface area contributed by atoms with E-state index >= 15 is 0 Å². The number of carbonyl (C=O) groups excluding carboxylic acids is 3. The average molecular weight is 348 g/mol. The Balaban J connectivity index is 1.90. The first-order valence-electron chi connectivity index (χ1n) is 5.86. The van der Waals surface area contributed by atoms with E-state index in [2.05, 4.69) is 5.32 Å². The number of imide groups is 1. The fourth-order valence-electron chi connectivity index (χ4n) is 1.70. The number of benzene rings is 1. The first-order valence-corrected chi connectivity index (χ1v) is 7.00. The summed E-state index contributed by atoms with van der Waals surface area (Å²) >= 11 is 17.1. The van der Waals surface area contributed by atoms with Crippen molar-refractivity contribution in [1.82, 2.24) is 4.90 Å². The Morgan fingerprint density at radius 1 is 1.14 bits per heavy atom. The van der Waals surface area contributed by atoms with Gasteiger partial charge in [0.25, 0.3) is 11.8 Å². The average Bonchev–Trinajstić information content (AvgIpc) is 2.66. The van der Waals surface area contributed by atoms with Gasteiger partial charge < -0.3 is 5.32 Å². The minimum atomic E-state index is -0.594. The van der Waals surface area contributed by atoms with Gasteiger partial charge in [-0.1, -0.05) is 34.8 Å². The number of hydrogen-bond donors (Lipinski definition) is 1. The maximum atomic E-state index is 11.8. The molecule has 0 bridgehead atoms. The summed E-state index contributed by atoms with van der Waals surface area (Å²) in [6.45, 7) is -0.0441. The number of nitrogens with one attached hydrogen (secondary N) is 1. The molecule has 0 radical (unpaired) electrons. The second-order valence-corrected chi connectivity index (χ2v) is 5.44. The Bertz CT molecular complexity index is 658. The molecule has 0 atom stereocenters. The van der Waals surface area contributed by atoms with Crippen molar-refractivity contribution in [3.8, 4) is 0 Å². The molecule has 1 aromatic carbocycles. The van der Waals surface area contributed by atoms with Gasteiger partial charge in [-0.2, -0.15) is 0 Å². The van der Waals surface area contributed by atoms with Crippen LogP contribution in [0.3, 0.4) is 0 Å². The summed E-state index contributed by atoms with van der Waals surface area (Å²) in [5.41, 5.74) is 0.477. The number of nitrogens with zero attached hydrogens (tertiary/aromatic N) is 1. The van der Waals surface area contributed by atoms with Crippen molar-refractivity contribution in [3.63, 3.8) is 0 Å². The minimum absolute atomic E-state index is 0.0441. The van der Waals surface area contributed by atoms with Gasteiger partial charge in [0.05, 0.1) is 10.0 Å². The van der Waals surface area contributed by atoms with Gasteiger partial charge in [0.2, 0.25) is 5.91 Å². The molecule has 110 valence electrons. The largest absolute Gasteiger partial charge is 0.326 e. The van der Waals surface area contributed by atoms with Crippen molar-refractivity contribution in [2.24, 2.45) is 0 Å². The fraction of sp³-hybridized carbons (Fsp3) is 0.154. The zero-order valence-electron chi connectivity index (χ0n) is 10.5. The van der Waals surface area contributed by atoms with Crippen LogP contribution in [0, 0.1) is 0 Å². The molecule has 1 aliphatic rings. The van der Waals surface area contributed by atoms with E-state index in [1.807, 2.05) is 0 Å². The van der Waals surface area contributed by atoms with Crippen molar-refractivity contribution in [1.29, 1.82) is 0 Å². The predicted octanol–water partition coefficient (Wildman–Crippen LogP) is 2.81. The number of halogens is 3. The van der Waals surface area contributed by atoms with Crippen LogP contribution in [0.25, 0.3) is 0 Å². The molecule has 0 unspecified atom stereocenters. The molecule has 1 N–H and O–H groups in total. The zero-order chi connectivity index (χ0) is 15.6. The highest BCUT2D eigenvalue weighted by Gasteiger charge is 2.29. The summed E-state index contributed by atoms with van der Waals surface area (Å²) in [7, 11) is 0. The maximum Gasteiger partial charge on any atom is 0.272 e. The fourth-order valence-corrected chi connectivity index (χ4v) is 2.19. The number of hydrogen-bond acceptors (Lipinski definition) is 3. The Morgan fingerprint density at radius 2 is 1.86 bits per heavy atom. The van der Waals surface area contributed by atoms with Gasteiger partial charge in [-0.05, 0) is 18.2 Å². The predicted molar refractivity (Wildman–Crippen MR) is 80.4 cm³/mol. The molecule has 21 heavy (non-hydrogen) atoms. The second-order valence-electron chi connectivity index (χ2n) is 4.21. The molecule has 0 aromatic heterocycles. The smallest absolute Gasteiger partial charge is 0.272 e. The standard InChI is InChI=1S/C13H9Cl3N2O3/c14-8-2-1-7(5-9(8)15)17-11(19)3-4-18-12(20)6-10(16)13(18)21/h1-2,5-6H,3-4H2,(H,17,19). The topological polar surface area (TPSA) is 66.5 Å². The molecule has 0 saturated carbocycles. The Hall–Kier alpha value is -1.56. The van der Waals surface area contributed by atoms with Gasteiger partial charge in [0, 0.05) is 24.7 Å². The van der Waals surface area contributed by atoms with Crippen molar-refractivity contribution in [2.75, 3.05) is 11.9 Å². The van der Waals surface area contributed by atoms with Gasteiger partial charge >= 0.3 is 0 Å². The van der Waals surface area contributed by atoms with E-state index < -0.39 is 11.8 Å². The molecule has 0 spiro atoms. The third kappa shape index (κ3) is 3.75. The molecule has 0 fully saturated rings. The lowest BCUT2D eigenvalue weighted by molar-refractivity contribution is -0.137. The third-order valence-electron chi connectivity index (χ3n) is 2.73. The van der Waals surface area contributed by atoms with Gasteiger partial charge in [0.15, 0.2) is 0 Å². The molecule has 0 saturated heterocycles. The normalized spacial score (nSPS) is 14.4. The third-order valence-corrected chi connectivity index (χ3v) is 3.74. The molecule has 5 nitrogen and oxygen atoms in total. The Labute approximate surface area is 135 Å². The van der Waals surface area contributed by atoms with Crippen LogP contribution in [0.4, 0.5) is 5.69 Å². The van der Waals surface area contributed by atoms with Crippen LogP contribution < -0.4 is 5.32 Å². The van der Waals surface area contributed by atoms with Crippen LogP contribution in [0.2, 0.25) is 10.0 Å². The van der Waals surface area contributed by atoms with E-state index in [-0.39, 0.29) is 23.9 Å². The van der Waals surface area contributed by atoms with Crippen molar-refractivity contribution in [3.05, 3.63) is 39.4 Å². The van der Waals surface area contributed by atoms with Crippen molar-refractivity contribution in [2.45, 2.75) is 6.42 Å². The molecule has 1 aliphatic heterocycles. The van der Waals surface area contributed by atoms with E-state index in [1.54, 1.807) is 12.1 Å². The van der Waals surface area contributed by atoms with Crippen LogP contribution in [-0.2, 0) is 14.4 Å². The number of amides is 3. The highest BCUT2D eigenvalue weighted by molar-refractivity contribution is 6.46. The van der Waals surface area contributed by atoms with E-state index in [4.69, 9.17) is 34.8 Å². The molecule has 0 aliphatic carbocycles. The summed E-state index contributed by atoms with van der Waals surface area (Å²) in [6, 6.07) is 4.65. The first kappa shape index (κ1) is 15.8. The molecule has 3 amide bonds. The van der Waals surface area contributed by atoms with E-state index in [0.717, 1.165) is 11.0 Å². The van der Waals surface area contributed by atoms with E-state index in [9.17, 15) is 14.4 Å². The quantitative estimate of drug-likeness (QED) is 0.852. The minimum Gasteiger partial charge on any atom is -0.326 e. The van der Waals surface area contributed by atoms with Gasteiger partial charge in [-0.25, -0.2) is 0 Å². The number of carbonyl (C=O) groups is 3. The van der Waals surface area contributed by atoms with Gasteiger partial charge in [-0.3, -0.25) is 19.3 Å². The monoisotopic (exact) mass is 346 g/mol. The summed E-state index contributed by atoms with van der Waals surface area (Å²) in [6.07, 6.45) is 0.983. The summed E-state index contributed by atoms with van der Waals surface area (Å²) in [4.78, 5) is 35.6. The summed E-state index contributed by atoms with van der Waals surface area (Å²) in [5.74, 6) is -1.48. The lowest BCUT2D eigenvalue weighted by Gasteiger charge is -2.13. The molecule has 1 heterocycles. The maximum absolute atomic E-state index is 11.8. The van der Waals surface area contributed by atoms with Crippen LogP contribution in [-0.4, -0.2) is 29.2 Å². The number of anilines is 1. The summed E-state index contributed by atoms with van der Waals surface area (Å²) < 4.78 is 0. The van der Waals surface area contributed by atoms with Crippen LogP contribution in [0.1, 0.15) is 6.42 Å². The molecule has 2 rings (SSSR count). The SMILES string of the molecule is O=C(CCN1C(=O)C=C(Cl)C1=O)Nc1ccc(Cl)c(Cl)c1.